The highest BCUT2D eigenvalue weighted by Crippen LogP contribution is 2.34. The van der Waals surface area contributed by atoms with Crippen LogP contribution in [-0.2, 0) is 28.4 Å². The van der Waals surface area contributed by atoms with Crippen molar-refractivity contribution in [2.45, 2.75) is 117 Å². The Morgan fingerprint density at radius 2 is 1.47 bits per heavy atom. The predicted octanol–water partition coefficient (Wildman–Crippen LogP) is -7.73. The van der Waals surface area contributed by atoms with Gasteiger partial charge in [0, 0.05) is 25.2 Å². The van der Waals surface area contributed by atoms with E-state index in [0.29, 0.717) is 12.2 Å². The standard InChI is InChI=1S/C26H50N6O13/c27-4-14-18(37)19(38)16(31)25(41-14)44-22-15(8-34)42-26(20(22)39)45-23-17(36)12(29)3-13(30)21(23)43-24-11(28)2-1-10(40-24)6-32-5-9(35)7-33/h1,9,11-26,32-39H,2-8,27-31H2/t9?,11-,12-,13+,14+,15-,16-,17+,18-,19-,20-,21-,22-,23-,24-,25-,26+/m1/s1. The monoisotopic (exact) mass is 654 g/mol. The lowest BCUT2D eigenvalue weighted by Gasteiger charge is -2.45. The van der Waals surface area contributed by atoms with Crippen molar-refractivity contribution >= 4 is 0 Å². The molecule has 45 heavy (non-hydrogen) atoms. The Morgan fingerprint density at radius 3 is 2.13 bits per heavy atom. The second kappa shape index (κ2) is 16.3. The second-order valence-corrected chi connectivity index (χ2v) is 11.9. The molecular formula is C26H50N6O13. The third-order valence-electron chi connectivity index (χ3n) is 8.52. The summed E-state index contributed by atoms with van der Waals surface area (Å²) in [4.78, 5) is 0. The van der Waals surface area contributed by atoms with Crippen LogP contribution in [0.15, 0.2) is 11.8 Å². The number of nitrogens with two attached hydrogens (primary N) is 5. The third kappa shape index (κ3) is 8.46. The smallest absolute Gasteiger partial charge is 0.215 e. The summed E-state index contributed by atoms with van der Waals surface area (Å²) in [6, 6.07) is -3.42. The van der Waals surface area contributed by atoms with Crippen molar-refractivity contribution in [2.24, 2.45) is 28.7 Å². The maximum Gasteiger partial charge on any atom is 0.215 e. The van der Waals surface area contributed by atoms with Gasteiger partial charge in [-0.2, -0.15) is 0 Å². The Hall–Kier alpha value is -1.18. The molecule has 19 nitrogen and oxygen atoms in total. The Morgan fingerprint density at radius 1 is 0.800 bits per heavy atom. The molecule has 3 aliphatic heterocycles. The van der Waals surface area contributed by atoms with Gasteiger partial charge in [-0.15, -0.1) is 0 Å². The molecule has 17 atom stereocenters. The summed E-state index contributed by atoms with van der Waals surface area (Å²) >= 11 is 0. The molecule has 19 heteroatoms. The van der Waals surface area contributed by atoms with E-state index in [9.17, 15) is 30.6 Å². The Bertz CT molecular complexity index is 957. The highest BCUT2D eigenvalue weighted by atomic mass is 16.8. The minimum absolute atomic E-state index is 0.125. The molecule has 4 aliphatic rings. The van der Waals surface area contributed by atoms with Crippen LogP contribution in [0, 0.1) is 0 Å². The van der Waals surface area contributed by atoms with Gasteiger partial charge in [-0.1, -0.05) is 0 Å². The maximum atomic E-state index is 11.2. The summed E-state index contributed by atoms with van der Waals surface area (Å²) in [5, 5.41) is 74.2. The molecule has 0 radical (unpaired) electrons. The number of aliphatic hydroxyl groups excluding tert-OH is 7. The molecule has 2 saturated heterocycles. The number of hydrogen-bond acceptors (Lipinski definition) is 19. The predicted molar refractivity (Wildman–Crippen MR) is 152 cm³/mol. The molecule has 1 unspecified atom stereocenters. The number of rotatable bonds is 13. The van der Waals surface area contributed by atoms with Gasteiger partial charge in [0.25, 0.3) is 0 Å². The van der Waals surface area contributed by atoms with Crippen molar-refractivity contribution in [3.8, 4) is 0 Å². The average Bonchev–Trinajstić information content (AvgIpc) is 3.32. The van der Waals surface area contributed by atoms with E-state index in [0.717, 1.165) is 0 Å². The van der Waals surface area contributed by atoms with E-state index in [1.165, 1.54) is 0 Å². The molecule has 0 amide bonds. The zero-order valence-electron chi connectivity index (χ0n) is 24.8. The first-order chi connectivity index (χ1) is 21.4. The van der Waals surface area contributed by atoms with Gasteiger partial charge in [0.15, 0.2) is 12.6 Å². The van der Waals surface area contributed by atoms with E-state index < -0.39 is 117 Å². The van der Waals surface area contributed by atoms with Gasteiger partial charge in [0.2, 0.25) is 6.29 Å². The summed E-state index contributed by atoms with van der Waals surface area (Å²) in [6.45, 7) is -0.828. The summed E-state index contributed by atoms with van der Waals surface area (Å²) in [6.07, 6.45) is -13.9. The van der Waals surface area contributed by atoms with E-state index in [2.05, 4.69) is 5.32 Å². The summed E-state index contributed by atoms with van der Waals surface area (Å²) in [7, 11) is 0. The number of ether oxygens (including phenoxy) is 6. The molecule has 18 N–H and O–H groups in total. The second-order valence-electron chi connectivity index (χ2n) is 11.9. The Labute approximate surface area is 260 Å². The summed E-state index contributed by atoms with van der Waals surface area (Å²) in [5.41, 5.74) is 30.4. The normalized spacial score (nSPS) is 46.4. The van der Waals surface area contributed by atoms with Gasteiger partial charge in [-0.25, -0.2) is 0 Å². The molecule has 0 aromatic carbocycles. The highest BCUT2D eigenvalue weighted by molar-refractivity contribution is 5.05. The van der Waals surface area contributed by atoms with Crippen LogP contribution in [0.25, 0.3) is 0 Å². The fourth-order valence-electron chi connectivity index (χ4n) is 5.81. The summed E-state index contributed by atoms with van der Waals surface area (Å²) < 4.78 is 35.3. The molecule has 262 valence electrons. The number of hydrogen-bond donors (Lipinski definition) is 13. The van der Waals surface area contributed by atoms with Crippen LogP contribution in [0.2, 0.25) is 0 Å². The largest absolute Gasteiger partial charge is 0.467 e. The van der Waals surface area contributed by atoms with Crippen molar-refractivity contribution in [3.05, 3.63) is 11.8 Å². The van der Waals surface area contributed by atoms with Crippen LogP contribution in [0.5, 0.6) is 0 Å². The Balaban J connectivity index is 1.44. The van der Waals surface area contributed by atoms with Crippen molar-refractivity contribution in [3.63, 3.8) is 0 Å². The number of aliphatic hydroxyl groups is 7. The zero-order chi connectivity index (χ0) is 33.0. The molecule has 0 bridgehead atoms. The molecule has 0 spiro atoms. The first-order valence-electron chi connectivity index (χ1n) is 15.1. The van der Waals surface area contributed by atoms with Crippen LogP contribution in [0.3, 0.4) is 0 Å². The van der Waals surface area contributed by atoms with E-state index in [-0.39, 0.29) is 26.1 Å². The third-order valence-corrected chi connectivity index (χ3v) is 8.52. The summed E-state index contributed by atoms with van der Waals surface area (Å²) in [5.74, 6) is 0.476. The van der Waals surface area contributed by atoms with Crippen LogP contribution in [0.4, 0.5) is 0 Å². The van der Waals surface area contributed by atoms with Gasteiger partial charge < -0.3 is 98.2 Å². The maximum absolute atomic E-state index is 11.2. The van der Waals surface area contributed by atoms with Crippen molar-refractivity contribution in [2.75, 3.05) is 32.8 Å². The topological polar surface area (TPSA) is 339 Å². The zero-order valence-corrected chi connectivity index (χ0v) is 24.8. The molecule has 1 saturated carbocycles. The van der Waals surface area contributed by atoms with E-state index in [1.54, 1.807) is 6.08 Å². The number of nitrogens with one attached hydrogen (secondary N) is 1. The lowest BCUT2D eigenvalue weighted by atomic mass is 9.84. The quantitative estimate of drug-likeness (QED) is 0.0876. The first-order valence-corrected chi connectivity index (χ1v) is 15.1. The van der Waals surface area contributed by atoms with Crippen LogP contribution in [0.1, 0.15) is 12.8 Å². The SMILES string of the molecule is NC[C@@H]1O[C@H](O[C@H]2[C@@H](O)[C@H](O[C@@H]3[C@@H](O)[C@H](N)C[C@H](N)[C@H]3O[C@H]3OC(CNCC(O)CO)=CC[C@H]3N)O[C@@H]2CO)[C@H](N)[C@@H](O)[C@@H]1O. The van der Waals surface area contributed by atoms with E-state index >= 15 is 0 Å². The Kier molecular flexibility index (Phi) is 13.3. The van der Waals surface area contributed by atoms with Gasteiger partial charge in [0.05, 0.1) is 44.1 Å². The molecule has 0 aromatic rings. The average molecular weight is 655 g/mol. The van der Waals surface area contributed by atoms with Gasteiger partial charge in [0.1, 0.15) is 54.6 Å². The van der Waals surface area contributed by atoms with Crippen LogP contribution < -0.4 is 34.0 Å². The van der Waals surface area contributed by atoms with Gasteiger partial charge in [-0.3, -0.25) is 0 Å². The van der Waals surface area contributed by atoms with Crippen LogP contribution >= 0.6 is 0 Å². The lowest BCUT2D eigenvalue weighted by Crippen LogP contribution is -2.65. The van der Waals surface area contributed by atoms with Crippen molar-refractivity contribution in [1.29, 1.82) is 0 Å². The van der Waals surface area contributed by atoms with Gasteiger partial charge in [-0.05, 0) is 18.9 Å². The molecular weight excluding hydrogens is 604 g/mol. The fourth-order valence-corrected chi connectivity index (χ4v) is 5.81. The van der Waals surface area contributed by atoms with Gasteiger partial charge >= 0.3 is 0 Å². The lowest BCUT2D eigenvalue weighted by molar-refractivity contribution is -0.282. The van der Waals surface area contributed by atoms with E-state index in [1.807, 2.05) is 0 Å². The van der Waals surface area contributed by atoms with E-state index in [4.69, 9.17) is 62.2 Å². The molecule has 0 aromatic heterocycles. The molecule has 4 rings (SSSR count). The van der Waals surface area contributed by atoms with Crippen molar-refractivity contribution in [1.82, 2.24) is 5.32 Å². The molecule has 1 aliphatic carbocycles. The van der Waals surface area contributed by atoms with Crippen LogP contribution in [-0.4, -0.2) is 173 Å². The molecule has 3 heterocycles. The van der Waals surface area contributed by atoms with Crippen molar-refractivity contribution < 1.29 is 64.2 Å². The fraction of sp³-hybridized carbons (Fsp3) is 0.923. The molecule has 3 fully saturated rings. The highest BCUT2D eigenvalue weighted by Gasteiger charge is 2.53. The minimum atomic E-state index is -1.57. The minimum Gasteiger partial charge on any atom is -0.467 e. The first kappa shape index (κ1) is 36.7.